The number of pyridine rings is 1. The number of aliphatic hydroxyl groups is 1. The number of hydrogen-bond donors (Lipinski definition) is 3. The van der Waals surface area contributed by atoms with Gasteiger partial charge in [-0.25, -0.2) is 4.98 Å². The molecule has 0 aliphatic rings. The first-order chi connectivity index (χ1) is 13.5. The lowest BCUT2D eigenvalue weighted by Crippen LogP contribution is -2.30. The summed E-state index contributed by atoms with van der Waals surface area (Å²) in [7, 11) is 0. The van der Waals surface area contributed by atoms with E-state index < -0.39 is 0 Å². The number of anilines is 3. The molecule has 7 heteroatoms. The minimum absolute atomic E-state index is 0.00564. The second kappa shape index (κ2) is 8.99. The molecule has 0 saturated heterocycles. The standard InChI is InChI=1S/C21H24ClN5O/c1-13(2)19(12-28)26-21-25-18(15-5-4-8-23-11-15)10-20(27-21)24-17-9-16(22)7-6-14(17)3/h4-11,13,19,28H,12H2,1-3H3,(H2,24,25,26,27)/t19-/m1/s1. The van der Waals surface area contributed by atoms with Gasteiger partial charge in [-0.3, -0.25) is 4.98 Å². The molecule has 0 unspecified atom stereocenters. The van der Waals surface area contributed by atoms with Crippen LogP contribution in [0.25, 0.3) is 11.3 Å². The molecule has 3 N–H and O–H groups in total. The summed E-state index contributed by atoms with van der Waals surface area (Å²) in [6.45, 7) is 6.07. The lowest BCUT2D eigenvalue weighted by atomic mass is 10.1. The van der Waals surface area contributed by atoms with Gasteiger partial charge in [0.25, 0.3) is 0 Å². The summed E-state index contributed by atoms with van der Waals surface area (Å²) in [4.78, 5) is 13.4. The number of aryl methyl sites for hydroxylation is 1. The maximum atomic E-state index is 9.66. The fourth-order valence-corrected chi connectivity index (χ4v) is 2.87. The normalized spacial score (nSPS) is 12.1. The summed E-state index contributed by atoms with van der Waals surface area (Å²) in [6, 6.07) is 11.2. The highest BCUT2D eigenvalue weighted by Gasteiger charge is 2.15. The van der Waals surface area contributed by atoms with Crippen LogP contribution in [-0.2, 0) is 0 Å². The van der Waals surface area contributed by atoms with Crippen molar-refractivity contribution in [1.29, 1.82) is 0 Å². The average Bonchev–Trinajstić information content (AvgIpc) is 2.69. The van der Waals surface area contributed by atoms with E-state index in [1.165, 1.54) is 0 Å². The van der Waals surface area contributed by atoms with Gasteiger partial charge in [-0.05, 0) is 42.7 Å². The largest absolute Gasteiger partial charge is 0.394 e. The van der Waals surface area contributed by atoms with Crippen molar-refractivity contribution < 1.29 is 5.11 Å². The molecule has 146 valence electrons. The smallest absolute Gasteiger partial charge is 0.225 e. The van der Waals surface area contributed by atoms with E-state index in [1.54, 1.807) is 12.4 Å². The van der Waals surface area contributed by atoms with Gasteiger partial charge in [0.05, 0.1) is 18.3 Å². The van der Waals surface area contributed by atoms with Crippen molar-refractivity contribution >= 4 is 29.1 Å². The van der Waals surface area contributed by atoms with Crippen LogP contribution in [0.3, 0.4) is 0 Å². The van der Waals surface area contributed by atoms with Gasteiger partial charge in [-0.15, -0.1) is 0 Å². The third kappa shape index (κ3) is 4.97. The lowest BCUT2D eigenvalue weighted by molar-refractivity contribution is 0.248. The SMILES string of the molecule is Cc1ccc(Cl)cc1Nc1cc(-c2cccnc2)nc(N[C@H](CO)C(C)C)n1. The van der Waals surface area contributed by atoms with Gasteiger partial charge < -0.3 is 15.7 Å². The molecule has 0 bridgehead atoms. The summed E-state index contributed by atoms with van der Waals surface area (Å²) in [5.74, 6) is 1.29. The van der Waals surface area contributed by atoms with Gasteiger partial charge in [0.1, 0.15) is 5.82 Å². The van der Waals surface area contributed by atoms with Gasteiger partial charge in [0.15, 0.2) is 0 Å². The van der Waals surface area contributed by atoms with E-state index in [0.29, 0.717) is 16.8 Å². The summed E-state index contributed by atoms with van der Waals surface area (Å²) >= 11 is 6.14. The Hall–Kier alpha value is -2.70. The molecule has 28 heavy (non-hydrogen) atoms. The Morgan fingerprint density at radius 2 is 1.96 bits per heavy atom. The lowest BCUT2D eigenvalue weighted by Gasteiger charge is -2.21. The van der Waals surface area contributed by atoms with Crippen LogP contribution in [0.5, 0.6) is 0 Å². The molecule has 1 atom stereocenters. The fourth-order valence-electron chi connectivity index (χ4n) is 2.69. The topological polar surface area (TPSA) is 83.0 Å². The van der Waals surface area contributed by atoms with Gasteiger partial charge in [0, 0.05) is 34.7 Å². The predicted octanol–water partition coefficient (Wildman–Crippen LogP) is 4.67. The highest BCUT2D eigenvalue weighted by molar-refractivity contribution is 6.30. The Morgan fingerprint density at radius 3 is 2.64 bits per heavy atom. The minimum Gasteiger partial charge on any atom is -0.394 e. The van der Waals surface area contributed by atoms with E-state index in [9.17, 15) is 5.11 Å². The second-order valence-electron chi connectivity index (χ2n) is 6.97. The number of aromatic nitrogens is 3. The molecule has 0 spiro atoms. The van der Waals surface area contributed by atoms with E-state index in [4.69, 9.17) is 11.6 Å². The number of benzene rings is 1. The Balaban J connectivity index is 2.00. The highest BCUT2D eigenvalue weighted by Crippen LogP contribution is 2.27. The predicted molar refractivity (Wildman–Crippen MR) is 114 cm³/mol. The van der Waals surface area contributed by atoms with Crippen LogP contribution >= 0.6 is 11.6 Å². The number of rotatable bonds is 7. The van der Waals surface area contributed by atoms with Crippen molar-refractivity contribution in [3.05, 3.63) is 59.4 Å². The number of nitrogens with zero attached hydrogens (tertiary/aromatic N) is 3. The molecule has 0 aliphatic heterocycles. The van der Waals surface area contributed by atoms with Crippen LogP contribution in [0.2, 0.25) is 5.02 Å². The summed E-state index contributed by atoms with van der Waals surface area (Å²) in [6.07, 6.45) is 3.48. The summed E-state index contributed by atoms with van der Waals surface area (Å²) < 4.78 is 0. The minimum atomic E-state index is -0.148. The maximum Gasteiger partial charge on any atom is 0.225 e. The molecule has 0 saturated carbocycles. The summed E-state index contributed by atoms with van der Waals surface area (Å²) in [5, 5.41) is 16.9. The first-order valence-electron chi connectivity index (χ1n) is 9.16. The van der Waals surface area contributed by atoms with Gasteiger partial charge in [0.2, 0.25) is 5.95 Å². The third-order valence-corrected chi connectivity index (χ3v) is 4.70. The van der Waals surface area contributed by atoms with Crippen LogP contribution in [0.15, 0.2) is 48.8 Å². The van der Waals surface area contributed by atoms with E-state index >= 15 is 0 Å². The van der Waals surface area contributed by atoms with Gasteiger partial charge >= 0.3 is 0 Å². The monoisotopic (exact) mass is 397 g/mol. The van der Waals surface area contributed by atoms with Crippen LogP contribution < -0.4 is 10.6 Å². The Kier molecular flexibility index (Phi) is 6.44. The van der Waals surface area contributed by atoms with E-state index in [2.05, 4.69) is 25.6 Å². The maximum absolute atomic E-state index is 9.66. The number of aliphatic hydroxyl groups excluding tert-OH is 1. The van der Waals surface area contributed by atoms with E-state index in [0.717, 1.165) is 22.5 Å². The molecule has 2 heterocycles. The van der Waals surface area contributed by atoms with Gasteiger partial charge in [-0.2, -0.15) is 4.98 Å². The molecule has 6 nitrogen and oxygen atoms in total. The van der Waals surface area contributed by atoms with Crippen molar-refractivity contribution in [2.45, 2.75) is 26.8 Å². The van der Waals surface area contributed by atoms with Crippen molar-refractivity contribution in [2.75, 3.05) is 17.2 Å². The van der Waals surface area contributed by atoms with Gasteiger partial charge in [-0.1, -0.05) is 31.5 Å². The molecule has 1 aromatic carbocycles. The molecule has 0 fully saturated rings. The van der Waals surface area contributed by atoms with Crippen molar-refractivity contribution in [1.82, 2.24) is 15.0 Å². The molecule has 0 amide bonds. The van der Waals surface area contributed by atoms with Crippen molar-refractivity contribution in [2.24, 2.45) is 5.92 Å². The quantitative estimate of drug-likeness (QED) is 0.537. The zero-order chi connectivity index (χ0) is 20.1. The first kappa shape index (κ1) is 20.0. The molecular weight excluding hydrogens is 374 g/mol. The average molecular weight is 398 g/mol. The number of halogens is 1. The Labute approximate surface area is 170 Å². The summed E-state index contributed by atoms with van der Waals surface area (Å²) in [5.41, 5.74) is 3.53. The molecular formula is C21H24ClN5O. The van der Waals surface area contributed by atoms with Crippen LogP contribution in [0.1, 0.15) is 19.4 Å². The first-order valence-corrected chi connectivity index (χ1v) is 9.54. The van der Waals surface area contributed by atoms with Crippen LogP contribution in [0.4, 0.5) is 17.5 Å². The number of nitrogens with one attached hydrogen (secondary N) is 2. The van der Waals surface area contributed by atoms with E-state index in [-0.39, 0.29) is 18.6 Å². The van der Waals surface area contributed by atoms with Crippen molar-refractivity contribution in [3.63, 3.8) is 0 Å². The van der Waals surface area contributed by atoms with Crippen LogP contribution in [-0.4, -0.2) is 32.7 Å². The third-order valence-electron chi connectivity index (χ3n) is 4.46. The van der Waals surface area contributed by atoms with Crippen LogP contribution in [0, 0.1) is 12.8 Å². The molecule has 3 rings (SSSR count). The fraction of sp³-hybridized carbons (Fsp3) is 0.286. The molecule has 3 aromatic rings. The molecule has 0 radical (unpaired) electrons. The highest BCUT2D eigenvalue weighted by atomic mass is 35.5. The zero-order valence-electron chi connectivity index (χ0n) is 16.1. The Bertz CT molecular complexity index is 933. The molecule has 0 aliphatic carbocycles. The molecule has 2 aromatic heterocycles. The van der Waals surface area contributed by atoms with E-state index in [1.807, 2.05) is 57.2 Å². The Morgan fingerprint density at radius 1 is 1.14 bits per heavy atom. The van der Waals surface area contributed by atoms with Crippen molar-refractivity contribution in [3.8, 4) is 11.3 Å². The zero-order valence-corrected chi connectivity index (χ0v) is 16.9. The number of hydrogen-bond acceptors (Lipinski definition) is 6. The second-order valence-corrected chi connectivity index (χ2v) is 7.40.